The molecule has 0 aliphatic carbocycles. The number of likely N-dealkylation sites (tertiary alicyclic amines) is 1. The van der Waals surface area contributed by atoms with Crippen LogP contribution in [0.2, 0.25) is 0 Å². The number of hydrogen-bond donors (Lipinski definition) is 1. The Bertz CT molecular complexity index is 930. The highest BCUT2D eigenvalue weighted by Gasteiger charge is 2.46. The first-order chi connectivity index (χ1) is 12.3. The van der Waals surface area contributed by atoms with E-state index in [-0.39, 0.29) is 36.8 Å². The van der Waals surface area contributed by atoms with Gasteiger partial charge in [-0.1, -0.05) is 30.3 Å². The number of carbonyl (C=O) groups excluding carboxylic acids is 1. The zero-order valence-electron chi connectivity index (χ0n) is 14.7. The second kappa shape index (κ2) is 7.89. The Morgan fingerprint density at radius 3 is 2.70 bits per heavy atom. The number of halogens is 2. The predicted molar refractivity (Wildman–Crippen MR) is 110 cm³/mol. The number of fused-ring (bicyclic) bond motifs is 2. The van der Waals surface area contributed by atoms with E-state index in [4.69, 9.17) is 0 Å². The fourth-order valence-electron chi connectivity index (χ4n) is 4.42. The molecule has 2 aliphatic rings. The standard InChI is InChI=1S/C20H20N4O.2ClH/c25-20(15-6-7-18-22-8-9-23(18)12-15)24-13-16-10-21-11-17(16)19(24)14-4-2-1-3-5-14;;/h1-9,12,16-17,19,21H,10-11,13H2;2*1H/t16-,17-,19-;;/m0../s1. The lowest BCUT2D eigenvalue weighted by atomic mass is 9.89. The van der Waals surface area contributed by atoms with Crippen molar-refractivity contribution >= 4 is 36.4 Å². The third-order valence-electron chi connectivity index (χ3n) is 5.60. The molecule has 5 rings (SSSR count). The minimum Gasteiger partial charge on any atom is -0.331 e. The summed E-state index contributed by atoms with van der Waals surface area (Å²) in [5, 5.41) is 3.49. The molecule has 0 radical (unpaired) electrons. The topological polar surface area (TPSA) is 49.6 Å². The minimum absolute atomic E-state index is 0. The summed E-state index contributed by atoms with van der Waals surface area (Å²) in [7, 11) is 0. The molecule has 27 heavy (non-hydrogen) atoms. The van der Waals surface area contributed by atoms with Crippen LogP contribution in [0.4, 0.5) is 0 Å². The van der Waals surface area contributed by atoms with E-state index in [1.165, 1.54) is 5.56 Å². The van der Waals surface area contributed by atoms with Crippen LogP contribution in [0.1, 0.15) is 22.0 Å². The first-order valence-corrected chi connectivity index (χ1v) is 8.80. The molecule has 4 heterocycles. The van der Waals surface area contributed by atoms with E-state index in [0.29, 0.717) is 11.8 Å². The number of carbonyl (C=O) groups is 1. The third kappa shape index (κ3) is 3.31. The van der Waals surface area contributed by atoms with Gasteiger partial charge >= 0.3 is 0 Å². The Hall–Kier alpha value is -2.08. The molecular weight excluding hydrogens is 383 g/mol. The largest absolute Gasteiger partial charge is 0.331 e. The van der Waals surface area contributed by atoms with Gasteiger partial charge in [0.25, 0.3) is 5.91 Å². The maximum absolute atomic E-state index is 13.3. The number of nitrogens with zero attached hydrogens (tertiary/aromatic N) is 3. The zero-order valence-corrected chi connectivity index (χ0v) is 16.3. The van der Waals surface area contributed by atoms with Crippen LogP contribution in [-0.2, 0) is 0 Å². The molecule has 0 saturated carbocycles. The van der Waals surface area contributed by atoms with Gasteiger partial charge in [-0.25, -0.2) is 4.98 Å². The van der Waals surface area contributed by atoms with Crippen LogP contribution in [0.3, 0.4) is 0 Å². The van der Waals surface area contributed by atoms with Crippen LogP contribution in [0.5, 0.6) is 0 Å². The van der Waals surface area contributed by atoms with Gasteiger partial charge in [-0.3, -0.25) is 4.79 Å². The SMILES string of the molecule is Cl.Cl.O=C(c1ccc2nccn2c1)N1C[C@@H]2CNC[C@@H]2[C@@H]1c1ccccc1. The van der Waals surface area contributed by atoms with Crippen molar-refractivity contribution in [3.8, 4) is 0 Å². The number of pyridine rings is 1. The highest BCUT2D eigenvalue weighted by Crippen LogP contribution is 2.43. The van der Waals surface area contributed by atoms with Crippen LogP contribution < -0.4 is 5.32 Å². The summed E-state index contributed by atoms with van der Waals surface area (Å²) in [6.45, 7) is 2.80. The van der Waals surface area contributed by atoms with Crippen molar-refractivity contribution in [2.24, 2.45) is 11.8 Å². The molecule has 2 fully saturated rings. The molecule has 142 valence electrons. The summed E-state index contributed by atoms with van der Waals surface area (Å²) >= 11 is 0. The second-order valence-electron chi connectivity index (χ2n) is 7.01. The number of nitrogens with one attached hydrogen (secondary N) is 1. The van der Waals surface area contributed by atoms with Crippen molar-refractivity contribution in [1.29, 1.82) is 0 Å². The Balaban J connectivity index is 0.00000105. The Labute approximate surface area is 170 Å². The molecule has 3 aromatic rings. The summed E-state index contributed by atoms with van der Waals surface area (Å²) in [6, 6.07) is 14.4. The van der Waals surface area contributed by atoms with Gasteiger partial charge in [-0.2, -0.15) is 0 Å². The van der Waals surface area contributed by atoms with Gasteiger partial charge in [0, 0.05) is 44.1 Å². The quantitative estimate of drug-likeness (QED) is 0.713. The Morgan fingerprint density at radius 1 is 1.07 bits per heavy atom. The maximum Gasteiger partial charge on any atom is 0.255 e. The highest BCUT2D eigenvalue weighted by molar-refractivity contribution is 5.94. The van der Waals surface area contributed by atoms with Crippen molar-refractivity contribution in [3.05, 3.63) is 72.2 Å². The molecule has 2 saturated heterocycles. The van der Waals surface area contributed by atoms with E-state index in [9.17, 15) is 4.79 Å². The molecule has 2 aromatic heterocycles. The maximum atomic E-state index is 13.3. The van der Waals surface area contributed by atoms with Gasteiger partial charge in [-0.05, 0) is 23.6 Å². The van der Waals surface area contributed by atoms with Crippen molar-refractivity contribution < 1.29 is 4.79 Å². The molecule has 0 spiro atoms. The van der Waals surface area contributed by atoms with E-state index in [2.05, 4.69) is 39.5 Å². The lowest BCUT2D eigenvalue weighted by Crippen LogP contribution is -2.34. The van der Waals surface area contributed by atoms with Gasteiger partial charge in [0.2, 0.25) is 0 Å². The molecule has 1 aromatic carbocycles. The second-order valence-corrected chi connectivity index (χ2v) is 7.01. The first kappa shape index (κ1) is 19.7. The summed E-state index contributed by atoms with van der Waals surface area (Å²) in [5.41, 5.74) is 2.81. The fourth-order valence-corrected chi connectivity index (χ4v) is 4.42. The molecule has 0 unspecified atom stereocenters. The summed E-state index contributed by atoms with van der Waals surface area (Å²) in [4.78, 5) is 19.6. The van der Waals surface area contributed by atoms with Gasteiger partial charge in [0.1, 0.15) is 5.65 Å². The monoisotopic (exact) mass is 404 g/mol. The number of imidazole rings is 1. The Morgan fingerprint density at radius 2 is 1.89 bits per heavy atom. The van der Waals surface area contributed by atoms with E-state index in [1.807, 2.05) is 35.0 Å². The number of aromatic nitrogens is 2. The lowest BCUT2D eigenvalue weighted by Gasteiger charge is -2.28. The molecule has 1 N–H and O–H groups in total. The van der Waals surface area contributed by atoms with E-state index in [1.54, 1.807) is 6.20 Å². The Kier molecular flexibility index (Phi) is 5.75. The van der Waals surface area contributed by atoms with Crippen LogP contribution in [-0.4, -0.2) is 39.8 Å². The number of hydrogen-bond acceptors (Lipinski definition) is 3. The normalized spacial score (nSPS) is 23.6. The highest BCUT2D eigenvalue weighted by atomic mass is 35.5. The van der Waals surface area contributed by atoms with E-state index in [0.717, 1.165) is 30.8 Å². The molecular formula is C20H22Cl2N4O. The van der Waals surface area contributed by atoms with Crippen LogP contribution in [0.15, 0.2) is 61.1 Å². The average Bonchev–Trinajstić information content (AvgIpc) is 3.36. The molecule has 5 nitrogen and oxygen atoms in total. The van der Waals surface area contributed by atoms with Gasteiger partial charge < -0.3 is 14.6 Å². The molecule has 0 bridgehead atoms. The van der Waals surface area contributed by atoms with Crippen molar-refractivity contribution in [2.75, 3.05) is 19.6 Å². The summed E-state index contributed by atoms with van der Waals surface area (Å²) in [5.74, 6) is 1.13. The summed E-state index contributed by atoms with van der Waals surface area (Å²) < 4.78 is 1.91. The molecule has 1 amide bonds. The first-order valence-electron chi connectivity index (χ1n) is 8.80. The smallest absolute Gasteiger partial charge is 0.255 e. The van der Waals surface area contributed by atoms with Crippen molar-refractivity contribution in [2.45, 2.75) is 6.04 Å². The van der Waals surface area contributed by atoms with E-state index < -0.39 is 0 Å². The van der Waals surface area contributed by atoms with Gasteiger partial charge in [0.15, 0.2) is 0 Å². The predicted octanol–water partition coefficient (Wildman–Crippen LogP) is 3.21. The van der Waals surface area contributed by atoms with Gasteiger partial charge in [-0.15, -0.1) is 24.8 Å². The number of benzene rings is 1. The molecule has 7 heteroatoms. The zero-order chi connectivity index (χ0) is 16.8. The van der Waals surface area contributed by atoms with Crippen molar-refractivity contribution in [3.63, 3.8) is 0 Å². The van der Waals surface area contributed by atoms with Crippen LogP contribution in [0, 0.1) is 11.8 Å². The van der Waals surface area contributed by atoms with Crippen molar-refractivity contribution in [1.82, 2.24) is 19.6 Å². The lowest BCUT2D eigenvalue weighted by molar-refractivity contribution is 0.0713. The number of rotatable bonds is 2. The number of amides is 1. The fraction of sp³-hybridized carbons (Fsp3) is 0.300. The van der Waals surface area contributed by atoms with E-state index >= 15 is 0 Å². The molecule has 2 aliphatic heterocycles. The third-order valence-corrected chi connectivity index (χ3v) is 5.60. The van der Waals surface area contributed by atoms with Crippen LogP contribution in [0.25, 0.3) is 5.65 Å². The van der Waals surface area contributed by atoms with Crippen LogP contribution >= 0.6 is 24.8 Å². The average molecular weight is 405 g/mol. The van der Waals surface area contributed by atoms with Gasteiger partial charge in [0.05, 0.1) is 11.6 Å². The minimum atomic E-state index is 0. The molecule has 3 atom stereocenters. The summed E-state index contributed by atoms with van der Waals surface area (Å²) in [6.07, 6.45) is 5.52.